The van der Waals surface area contributed by atoms with Crippen LogP contribution < -0.4 is 10.2 Å². The number of nitrogens with one attached hydrogen (secondary N) is 1. The van der Waals surface area contributed by atoms with Crippen molar-refractivity contribution in [3.05, 3.63) is 48.0 Å². The number of fused-ring (bicyclic) bond motifs is 1. The lowest BCUT2D eigenvalue weighted by molar-refractivity contribution is -0.122. The summed E-state index contributed by atoms with van der Waals surface area (Å²) in [5.74, 6) is -0.552. The first-order valence-electron chi connectivity index (χ1n) is 10.7. The molecular weight excluding hydrogens is 446 g/mol. The highest BCUT2D eigenvalue weighted by molar-refractivity contribution is 7.98. The Morgan fingerprint density at radius 2 is 1.81 bits per heavy atom. The second-order valence-corrected chi connectivity index (χ2v) is 10.9. The molecule has 0 unspecified atom stereocenters. The fourth-order valence-electron chi connectivity index (χ4n) is 4.37. The third-order valence-corrected chi connectivity index (χ3v) is 8.59. The summed E-state index contributed by atoms with van der Waals surface area (Å²) in [7, 11) is -3.59. The van der Waals surface area contributed by atoms with Gasteiger partial charge in [-0.3, -0.25) is 14.5 Å². The summed E-state index contributed by atoms with van der Waals surface area (Å²) in [5, 5.41) is 2.90. The Kier molecular flexibility index (Phi) is 6.60. The van der Waals surface area contributed by atoms with E-state index < -0.39 is 16.1 Å². The minimum absolute atomic E-state index is 0.218. The summed E-state index contributed by atoms with van der Waals surface area (Å²) in [6.07, 6.45) is 5.00. The van der Waals surface area contributed by atoms with E-state index in [1.807, 2.05) is 24.5 Å². The van der Waals surface area contributed by atoms with Crippen molar-refractivity contribution in [3.8, 4) is 0 Å². The number of hydrogen-bond donors (Lipinski definition) is 1. The number of carbonyl (C=O) groups excluding carboxylic acids is 2. The van der Waals surface area contributed by atoms with Crippen molar-refractivity contribution >= 4 is 45.0 Å². The van der Waals surface area contributed by atoms with E-state index in [-0.39, 0.29) is 23.1 Å². The van der Waals surface area contributed by atoms with E-state index in [2.05, 4.69) is 5.32 Å². The van der Waals surface area contributed by atoms with Crippen LogP contribution in [-0.4, -0.2) is 49.9 Å². The Morgan fingerprint density at radius 3 is 2.50 bits per heavy atom. The Labute approximate surface area is 193 Å². The summed E-state index contributed by atoms with van der Waals surface area (Å²) < 4.78 is 27.7. The van der Waals surface area contributed by atoms with Gasteiger partial charge in [0.15, 0.2) is 0 Å². The van der Waals surface area contributed by atoms with Crippen molar-refractivity contribution in [2.24, 2.45) is 0 Å². The van der Waals surface area contributed by atoms with Crippen LogP contribution >= 0.6 is 11.8 Å². The molecule has 2 aliphatic rings. The highest BCUT2D eigenvalue weighted by atomic mass is 32.2. The van der Waals surface area contributed by atoms with Gasteiger partial charge in [-0.15, -0.1) is 11.8 Å². The molecule has 9 heteroatoms. The van der Waals surface area contributed by atoms with Crippen LogP contribution in [0.4, 0.5) is 11.4 Å². The van der Waals surface area contributed by atoms with Crippen LogP contribution in [0.25, 0.3) is 0 Å². The van der Waals surface area contributed by atoms with E-state index in [0.717, 1.165) is 24.2 Å². The molecule has 1 saturated heterocycles. The van der Waals surface area contributed by atoms with E-state index in [1.54, 1.807) is 36.0 Å². The van der Waals surface area contributed by atoms with Crippen LogP contribution in [-0.2, 0) is 26.0 Å². The first-order valence-corrected chi connectivity index (χ1v) is 13.4. The largest absolute Gasteiger partial charge is 0.324 e. The molecule has 1 fully saturated rings. The first kappa shape index (κ1) is 22.8. The van der Waals surface area contributed by atoms with Crippen molar-refractivity contribution in [1.82, 2.24) is 4.31 Å². The van der Waals surface area contributed by atoms with Gasteiger partial charge in [0, 0.05) is 42.7 Å². The average molecular weight is 474 g/mol. The maximum atomic E-state index is 13.1. The molecule has 2 heterocycles. The van der Waals surface area contributed by atoms with Gasteiger partial charge in [-0.25, -0.2) is 8.42 Å². The van der Waals surface area contributed by atoms with Crippen molar-refractivity contribution < 1.29 is 18.0 Å². The number of piperidine rings is 1. The molecule has 2 aromatic rings. The summed E-state index contributed by atoms with van der Waals surface area (Å²) >= 11 is 1.58. The highest BCUT2D eigenvalue weighted by Gasteiger charge is 2.38. The van der Waals surface area contributed by atoms with Crippen LogP contribution in [0.5, 0.6) is 0 Å². The molecule has 0 aromatic heterocycles. The molecule has 0 radical (unpaired) electrons. The van der Waals surface area contributed by atoms with E-state index in [0.29, 0.717) is 30.0 Å². The maximum Gasteiger partial charge on any atom is 0.247 e. The summed E-state index contributed by atoms with van der Waals surface area (Å²) in [6, 6.07) is 11.6. The summed E-state index contributed by atoms with van der Waals surface area (Å²) in [4.78, 5) is 28.2. The van der Waals surface area contributed by atoms with Crippen molar-refractivity contribution in [3.63, 3.8) is 0 Å². The van der Waals surface area contributed by atoms with Gasteiger partial charge < -0.3 is 5.32 Å². The molecule has 0 bridgehead atoms. The molecule has 1 atom stereocenters. The fourth-order valence-corrected chi connectivity index (χ4v) is 6.40. The normalized spacial score (nSPS) is 18.9. The van der Waals surface area contributed by atoms with Crippen LogP contribution in [0, 0.1) is 0 Å². The number of thioether (sulfide) groups is 1. The molecule has 0 saturated carbocycles. The van der Waals surface area contributed by atoms with Gasteiger partial charge in [0.1, 0.15) is 6.04 Å². The predicted octanol–water partition coefficient (Wildman–Crippen LogP) is 3.50. The molecular formula is C23H27N3O4S2. The van der Waals surface area contributed by atoms with E-state index in [4.69, 9.17) is 0 Å². The van der Waals surface area contributed by atoms with Crippen molar-refractivity contribution in [2.75, 3.05) is 29.6 Å². The smallest absolute Gasteiger partial charge is 0.247 e. The number of sulfonamides is 1. The number of hydrogen-bond acceptors (Lipinski definition) is 5. The topological polar surface area (TPSA) is 86.8 Å². The van der Waals surface area contributed by atoms with E-state index >= 15 is 0 Å². The Balaban J connectivity index is 1.60. The zero-order chi connectivity index (χ0) is 22.9. The lowest BCUT2D eigenvalue weighted by Crippen LogP contribution is -2.44. The van der Waals surface area contributed by atoms with Crippen molar-refractivity contribution in [2.45, 2.75) is 48.4 Å². The van der Waals surface area contributed by atoms with Crippen LogP contribution in [0.15, 0.2) is 52.3 Å². The van der Waals surface area contributed by atoms with Gasteiger partial charge in [-0.2, -0.15) is 4.31 Å². The lowest BCUT2D eigenvalue weighted by Gasteiger charge is -2.26. The third-order valence-electron chi connectivity index (χ3n) is 5.97. The molecule has 7 nitrogen and oxygen atoms in total. The number of carbonyl (C=O) groups is 2. The number of nitrogens with zero attached hydrogens (tertiary/aromatic N) is 2. The molecule has 0 aliphatic carbocycles. The molecule has 2 amide bonds. The summed E-state index contributed by atoms with van der Waals surface area (Å²) in [6.45, 7) is 2.47. The second-order valence-electron chi connectivity index (χ2n) is 8.09. The fraction of sp³-hybridized carbons (Fsp3) is 0.391. The molecule has 32 heavy (non-hydrogen) atoms. The second kappa shape index (κ2) is 9.25. The average Bonchev–Trinajstić information content (AvgIpc) is 3.19. The Hall–Kier alpha value is -2.36. The van der Waals surface area contributed by atoms with E-state index in [9.17, 15) is 18.0 Å². The summed E-state index contributed by atoms with van der Waals surface area (Å²) in [5.41, 5.74) is 1.94. The predicted molar refractivity (Wildman–Crippen MR) is 127 cm³/mol. The quantitative estimate of drug-likeness (QED) is 0.672. The van der Waals surface area contributed by atoms with Crippen LogP contribution in [0.1, 0.15) is 31.7 Å². The monoisotopic (exact) mass is 473 g/mol. The number of anilines is 2. The van der Waals surface area contributed by atoms with Gasteiger partial charge in [0.2, 0.25) is 21.8 Å². The first-order chi connectivity index (χ1) is 15.3. The Morgan fingerprint density at radius 1 is 1.06 bits per heavy atom. The molecule has 1 N–H and O–H groups in total. The molecule has 0 spiro atoms. The highest BCUT2D eigenvalue weighted by Crippen LogP contribution is 2.35. The van der Waals surface area contributed by atoms with E-state index in [1.165, 1.54) is 16.1 Å². The van der Waals surface area contributed by atoms with Crippen LogP contribution in [0.3, 0.4) is 0 Å². The zero-order valence-corrected chi connectivity index (χ0v) is 19.8. The number of rotatable bonds is 5. The maximum absolute atomic E-state index is 13.1. The zero-order valence-electron chi connectivity index (χ0n) is 18.2. The molecule has 4 rings (SSSR count). The van der Waals surface area contributed by atoms with Gasteiger partial charge in [0.05, 0.1) is 4.90 Å². The SMILES string of the molecule is CSc1cccc(NC(=O)[C@@H]2Cc3cc(S(=O)(=O)N4CCCCC4)ccc3N2C(C)=O)c1. The number of amides is 2. The van der Waals surface area contributed by atoms with Gasteiger partial charge in [-0.1, -0.05) is 12.5 Å². The molecule has 2 aliphatic heterocycles. The van der Waals surface area contributed by atoms with Gasteiger partial charge in [-0.05, 0) is 61.1 Å². The third kappa shape index (κ3) is 4.42. The Bertz CT molecular complexity index is 1140. The molecule has 2 aromatic carbocycles. The number of benzene rings is 2. The standard InChI is InChI=1S/C23H27N3O4S2/c1-16(27)26-21-10-9-20(32(29,30)25-11-4-3-5-12-25)13-17(21)14-22(26)23(28)24-18-7-6-8-19(15-18)31-2/h6-10,13,15,22H,3-5,11-12,14H2,1-2H3,(H,24,28)/t22-/m0/s1. The van der Waals surface area contributed by atoms with Crippen LogP contribution in [0.2, 0.25) is 0 Å². The van der Waals surface area contributed by atoms with Crippen molar-refractivity contribution in [1.29, 1.82) is 0 Å². The minimum atomic E-state index is -3.59. The lowest BCUT2D eigenvalue weighted by atomic mass is 10.1. The molecule has 170 valence electrons. The van der Waals surface area contributed by atoms with Gasteiger partial charge >= 0.3 is 0 Å². The minimum Gasteiger partial charge on any atom is -0.324 e. The van der Waals surface area contributed by atoms with Gasteiger partial charge in [0.25, 0.3) is 0 Å².